The summed E-state index contributed by atoms with van der Waals surface area (Å²) in [6, 6.07) is 3.59. The van der Waals surface area contributed by atoms with E-state index in [0.29, 0.717) is 37.3 Å². The van der Waals surface area contributed by atoms with Crippen LogP contribution in [0.5, 0.6) is 5.88 Å². The van der Waals surface area contributed by atoms with Gasteiger partial charge in [0, 0.05) is 19.8 Å². The van der Waals surface area contributed by atoms with Crippen molar-refractivity contribution >= 4 is 11.6 Å². The summed E-state index contributed by atoms with van der Waals surface area (Å²) in [6.45, 7) is 7.46. The molecule has 2 rings (SSSR count). The molecule has 1 saturated carbocycles. The van der Waals surface area contributed by atoms with Crippen molar-refractivity contribution in [3.63, 3.8) is 0 Å². The fourth-order valence-electron chi connectivity index (χ4n) is 3.40. The van der Waals surface area contributed by atoms with Gasteiger partial charge in [-0.25, -0.2) is 4.98 Å². The molecule has 0 bridgehead atoms. The lowest BCUT2D eigenvalue weighted by molar-refractivity contribution is -0.147. The minimum Gasteiger partial charge on any atom is -0.475 e. The van der Waals surface area contributed by atoms with Gasteiger partial charge in [0.05, 0.1) is 18.0 Å². The number of ether oxygens (including phenoxy) is 3. The van der Waals surface area contributed by atoms with Crippen LogP contribution in [0.25, 0.3) is 0 Å². The number of nitrogens with zero attached hydrogens (tertiary/aromatic N) is 1. The zero-order valence-electron chi connectivity index (χ0n) is 15.8. The van der Waals surface area contributed by atoms with E-state index in [2.05, 4.69) is 17.2 Å². The van der Waals surface area contributed by atoms with Gasteiger partial charge in [-0.2, -0.15) is 0 Å². The van der Waals surface area contributed by atoms with Gasteiger partial charge >= 0.3 is 0 Å². The Bertz CT molecular complexity index is 575. The number of amides is 1. The number of aromatic nitrogens is 1. The van der Waals surface area contributed by atoms with Crippen LogP contribution >= 0.6 is 0 Å². The van der Waals surface area contributed by atoms with E-state index < -0.39 is 5.60 Å². The van der Waals surface area contributed by atoms with Gasteiger partial charge in [0.1, 0.15) is 12.2 Å². The zero-order valence-corrected chi connectivity index (χ0v) is 15.8. The van der Waals surface area contributed by atoms with Gasteiger partial charge in [-0.1, -0.05) is 13.3 Å². The summed E-state index contributed by atoms with van der Waals surface area (Å²) in [6.07, 6.45) is 3.69. The lowest BCUT2D eigenvalue weighted by Gasteiger charge is -2.38. The third kappa shape index (κ3) is 5.16. The number of hydrogen-bond acceptors (Lipinski definition) is 5. The second kappa shape index (κ2) is 9.15. The Balaban J connectivity index is 2.07. The smallest absolute Gasteiger partial charge is 0.256 e. The molecule has 1 N–H and O–H groups in total. The predicted octanol–water partition coefficient (Wildman–Crippen LogP) is 3.34. The average Bonchev–Trinajstić information content (AvgIpc) is 2.57. The molecule has 0 radical (unpaired) electrons. The fraction of sp³-hybridized carbons (Fsp3) is 0.684. The van der Waals surface area contributed by atoms with Gasteiger partial charge in [0.25, 0.3) is 5.91 Å². The van der Waals surface area contributed by atoms with E-state index in [1.54, 1.807) is 13.2 Å². The lowest BCUT2D eigenvalue weighted by Crippen LogP contribution is -2.48. The van der Waals surface area contributed by atoms with Crippen molar-refractivity contribution in [3.05, 3.63) is 17.8 Å². The third-order valence-corrected chi connectivity index (χ3v) is 4.64. The summed E-state index contributed by atoms with van der Waals surface area (Å²) >= 11 is 0. The van der Waals surface area contributed by atoms with E-state index in [0.717, 1.165) is 31.4 Å². The van der Waals surface area contributed by atoms with E-state index in [1.807, 2.05) is 19.9 Å². The second-order valence-corrected chi connectivity index (χ2v) is 6.71. The summed E-state index contributed by atoms with van der Waals surface area (Å²) in [5.41, 5.74) is 0.687. The summed E-state index contributed by atoms with van der Waals surface area (Å²) in [5.74, 6) is 0.944. The van der Waals surface area contributed by atoms with E-state index in [1.165, 1.54) is 0 Å². The van der Waals surface area contributed by atoms with Crippen LogP contribution in [-0.2, 0) is 14.3 Å². The van der Waals surface area contributed by atoms with Gasteiger partial charge in [-0.05, 0) is 45.1 Å². The first-order valence-electron chi connectivity index (χ1n) is 9.05. The molecule has 0 aromatic carbocycles. The van der Waals surface area contributed by atoms with Crippen molar-refractivity contribution in [3.8, 4) is 5.88 Å². The van der Waals surface area contributed by atoms with Gasteiger partial charge in [-0.15, -0.1) is 0 Å². The van der Waals surface area contributed by atoms with Crippen LogP contribution in [0, 0.1) is 12.8 Å². The number of carbonyl (C=O) groups is 1. The molecule has 6 heteroatoms. The number of methoxy groups -OCH3 is 1. The normalized spacial score (nSPS) is 23.3. The van der Waals surface area contributed by atoms with Crippen molar-refractivity contribution in [2.75, 3.05) is 32.2 Å². The van der Waals surface area contributed by atoms with Gasteiger partial charge in [0.2, 0.25) is 5.88 Å². The first-order chi connectivity index (χ1) is 12.0. The Morgan fingerprint density at radius 3 is 2.84 bits per heavy atom. The van der Waals surface area contributed by atoms with E-state index >= 15 is 0 Å². The number of carbonyl (C=O) groups excluding carboxylic acids is 1. The molecule has 1 aromatic heterocycles. The molecule has 25 heavy (non-hydrogen) atoms. The molecular formula is C19H30N2O4. The molecule has 140 valence electrons. The minimum atomic E-state index is -0.730. The molecule has 1 fully saturated rings. The van der Waals surface area contributed by atoms with E-state index in [9.17, 15) is 4.79 Å². The van der Waals surface area contributed by atoms with Crippen LogP contribution in [0.3, 0.4) is 0 Å². The Hall–Kier alpha value is -1.66. The first kappa shape index (κ1) is 19.7. The molecule has 1 aromatic rings. The highest BCUT2D eigenvalue weighted by Crippen LogP contribution is 2.36. The monoisotopic (exact) mass is 350 g/mol. The summed E-state index contributed by atoms with van der Waals surface area (Å²) in [4.78, 5) is 17.4. The Kier molecular flexibility index (Phi) is 7.20. The quantitative estimate of drug-likeness (QED) is 0.728. The summed E-state index contributed by atoms with van der Waals surface area (Å²) < 4.78 is 16.4. The molecule has 1 amide bonds. The molecule has 6 nitrogen and oxygen atoms in total. The highest BCUT2D eigenvalue weighted by molar-refractivity contribution is 5.97. The standard InChI is InChI=1S/C19H30N2O4/c1-5-25-19(10-6-7-14(2)13-19)18(22)21-16-8-9-17(20-15(16)3)24-12-11-23-4/h8-9,14H,5-7,10-13H2,1-4H3,(H,21,22)/t14-,19+/m0/s1. The highest BCUT2D eigenvalue weighted by atomic mass is 16.5. The van der Waals surface area contributed by atoms with Crippen LogP contribution in [0.2, 0.25) is 0 Å². The largest absolute Gasteiger partial charge is 0.475 e. The van der Waals surface area contributed by atoms with E-state index in [4.69, 9.17) is 14.2 Å². The van der Waals surface area contributed by atoms with E-state index in [-0.39, 0.29) is 5.91 Å². The van der Waals surface area contributed by atoms with Gasteiger partial charge < -0.3 is 19.5 Å². The number of aryl methyl sites for hydroxylation is 1. The van der Waals surface area contributed by atoms with Crippen molar-refractivity contribution in [2.45, 2.75) is 52.1 Å². The lowest BCUT2D eigenvalue weighted by atomic mass is 9.78. The van der Waals surface area contributed by atoms with Crippen LogP contribution in [-0.4, -0.2) is 43.4 Å². The molecule has 1 heterocycles. The van der Waals surface area contributed by atoms with Crippen molar-refractivity contribution in [2.24, 2.45) is 5.92 Å². The molecule has 1 aliphatic carbocycles. The van der Waals surface area contributed by atoms with Crippen LogP contribution < -0.4 is 10.1 Å². The topological polar surface area (TPSA) is 69.7 Å². The van der Waals surface area contributed by atoms with Crippen molar-refractivity contribution in [1.29, 1.82) is 0 Å². The second-order valence-electron chi connectivity index (χ2n) is 6.71. The van der Waals surface area contributed by atoms with Gasteiger partial charge in [0.15, 0.2) is 0 Å². The first-order valence-corrected chi connectivity index (χ1v) is 9.05. The van der Waals surface area contributed by atoms with Crippen LogP contribution in [0.15, 0.2) is 12.1 Å². The SMILES string of the molecule is CCO[C@]1(C(=O)Nc2ccc(OCCOC)nc2C)CCC[C@H](C)C1. The van der Waals surface area contributed by atoms with Crippen molar-refractivity contribution < 1.29 is 19.0 Å². The number of pyridine rings is 1. The number of rotatable bonds is 8. The molecule has 0 unspecified atom stereocenters. The predicted molar refractivity (Wildman–Crippen MR) is 97.0 cm³/mol. The maximum atomic E-state index is 13.0. The third-order valence-electron chi connectivity index (χ3n) is 4.64. The van der Waals surface area contributed by atoms with Crippen LogP contribution in [0.1, 0.15) is 45.2 Å². The summed E-state index contributed by atoms with van der Waals surface area (Å²) in [5, 5.41) is 3.01. The van der Waals surface area contributed by atoms with Gasteiger partial charge in [-0.3, -0.25) is 4.79 Å². The van der Waals surface area contributed by atoms with Crippen molar-refractivity contribution in [1.82, 2.24) is 4.98 Å². The van der Waals surface area contributed by atoms with Crippen LogP contribution in [0.4, 0.5) is 5.69 Å². The number of nitrogens with one attached hydrogen (secondary N) is 1. The molecule has 1 aliphatic rings. The average molecular weight is 350 g/mol. The molecule has 2 atom stereocenters. The maximum Gasteiger partial charge on any atom is 0.256 e. The highest BCUT2D eigenvalue weighted by Gasteiger charge is 2.42. The molecule has 0 spiro atoms. The molecular weight excluding hydrogens is 320 g/mol. The number of anilines is 1. The maximum absolute atomic E-state index is 13.0. The summed E-state index contributed by atoms with van der Waals surface area (Å²) in [7, 11) is 1.63. The number of hydrogen-bond donors (Lipinski definition) is 1. The zero-order chi connectivity index (χ0) is 18.3. The molecule has 0 aliphatic heterocycles. The Morgan fingerprint density at radius 1 is 1.40 bits per heavy atom. The fourth-order valence-corrected chi connectivity index (χ4v) is 3.40. The molecule has 0 saturated heterocycles. The Labute approximate surface area is 150 Å². The minimum absolute atomic E-state index is 0.0705. The Morgan fingerprint density at radius 2 is 2.20 bits per heavy atom.